The number of nitrogens with one attached hydrogen (secondary N) is 2. The van der Waals surface area contributed by atoms with Gasteiger partial charge in [0.2, 0.25) is 0 Å². The molecule has 0 saturated heterocycles. The summed E-state index contributed by atoms with van der Waals surface area (Å²) in [6.07, 6.45) is -0.151. The summed E-state index contributed by atoms with van der Waals surface area (Å²) in [6, 6.07) is 4.15. The van der Waals surface area contributed by atoms with Crippen molar-refractivity contribution in [1.82, 2.24) is 15.0 Å². The van der Waals surface area contributed by atoms with Crippen molar-refractivity contribution in [3.63, 3.8) is 0 Å². The van der Waals surface area contributed by atoms with E-state index in [-0.39, 0.29) is 30.6 Å². The summed E-state index contributed by atoms with van der Waals surface area (Å²) >= 11 is 0. The molecule has 0 radical (unpaired) electrons. The van der Waals surface area contributed by atoms with Crippen molar-refractivity contribution in [2.75, 3.05) is 44.4 Å². The number of ether oxygens (including phenoxy) is 1. The Labute approximate surface area is 193 Å². The van der Waals surface area contributed by atoms with Gasteiger partial charge in [-0.15, -0.1) is 0 Å². The smallest absolute Gasteiger partial charge is 0.323 e. The number of anilines is 2. The second-order valence-corrected chi connectivity index (χ2v) is 8.87. The minimum Gasteiger partial charge on any atom is -0.488 e. The van der Waals surface area contributed by atoms with Crippen LogP contribution < -0.4 is 15.4 Å². The van der Waals surface area contributed by atoms with Gasteiger partial charge in [0.1, 0.15) is 23.2 Å². The zero-order valence-electron chi connectivity index (χ0n) is 20.0. The van der Waals surface area contributed by atoms with Crippen LogP contribution in [-0.2, 0) is 0 Å². The number of carbonyl (C=O) groups is 2. The second kappa shape index (κ2) is 10.2. The van der Waals surface area contributed by atoms with Gasteiger partial charge in [-0.25, -0.2) is 4.79 Å². The molecule has 1 aliphatic rings. The van der Waals surface area contributed by atoms with Crippen LogP contribution in [0.1, 0.15) is 35.7 Å². The molecule has 0 fully saturated rings. The number of amides is 3. The maximum absolute atomic E-state index is 13.4. The molecule has 0 aliphatic carbocycles. The largest absolute Gasteiger partial charge is 0.488 e. The molecule has 0 spiro atoms. The van der Waals surface area contributed by atoms with Crippen molar-refractivity contribution < 1.29 is 24.0 Å². The Morgan fingerprint density at radius 1 is 1.33 bits per heavy atom. The predicted molar refractivity (Wildman–Crippen MR) is 125 cm³/mol. The van der Waals surface area contributed by atoms with Crippen molar-refractivity contribution in [3.8, 4) is 5.75 Å². The molecule has 1 aromatic heterocycles. The normalized spacial score (nSPS) is 19.4. The second-order valence-electron chi connectivity index (χ2n) is 8.87. The first kappa shape index (κ1) is 24.5. The van der Waals surface area contributed by atoms with E-state index in [4.69, 9.17) is 9.26 Å². The molecule has 3 N–H and O–H groups in total. The fraction of sp³-hybridized carbons (Fsp3) is 0.522. The lowest BCUT2D eigenvalue weighted by Crippen LogP contribution is -2.49. The van der Waals surface area contributed by atoms with Crippen molar-refractivity contribution >= 4 is 23.3 Å². The number of aromatic nitrogens is 1. The van der Waals surface area contributed by atoms with Gasteiger partial charge >= 0.3 is 6.03 Å². The quantitative estimate of drug-likeness (QED) is 0.607. The van der Waals surface area contributed by atoms with Crippen molar-refractivity contribution in [3.05, 3.63) is 35.2 Å². The summed E-state index contributed by atoms with van der Waals surface area (Å²) in [6.45, 7) is 8.27. The number of aliphatic hydroxyl groups is 1. The monoisotopic (exact) mass is 459 g/mol. The van der Waals surface area contributed by atoms with Gasteiger partial charge in [-0.2, -0.15) is 0 Å². The van der Waals surface area contributed by atoms with E-state index in [1.165, 1.54) is 0 Å². The first-order valence-corrected chi connectivity index (χ1v) is 11.0. The number of benzene rings is 1. The SMILES string of the molecule is Cc1noc(C)c1NC(=O)Nc1ccc2c(c1)C(=O)N([C@H](C)CO)C[C@@H](C)[C@H](CN(C)C)O2. The summed E-state index contributed by atoms with van der Waals surface area (Å²) in [5.74, 6) is 0.748. The van der Waals surface area contributed by atoms with E-state index in [2.05, 4.69) is 15.8 Å². The third kappa shape index (κ3) is 5.63. The van der Waals surface area contributed by atoms with Crippen LogP contribution >= 0.6 is 0 Å². The number of urea groups is 1. The van der Waals surface area contributed by atoms with Gasteiger partial charge in [-0.1, -0.05) is 12.1 Å². The lowest BCUT2D eigenvalue weighted by Gasteiger charge is -2.37. The lowest BCUT2D eigenvalue weighted by atomic mass is 9.99. The third-order valence-electron chi connectivity index (χ3n) is 5.74. The fourth-order valence-electron chi connectivity index (χ4n) is 3.82. The summed E-state index contributed by atoms with van der Waals surface area (Å²) in [5.41, 5.74) is 1.84. The summed E-state index contributed by atoms with van der Waals surface area (Å²) in [4.78, 5) is 29.7. The lowest BCUT2D eigenvalue weighted by molar-refractivity contribution is 0.0363. The van der Waals surface area contributed by atoms with Gasteiger partial charge in [0, 0.05) is 24.7 Å². The molecule has 10 nitrogen and oxygen atoms in total. The number of aryl methyl sites for hydroxylation is 2. The topological polar surface area (TPSA) is 120 Å². The molecule has 0 saturated carbocycles. The van der Waals surface area contributed by atoms with E-state index >= 15 is 0 Å². The zero-order valence-corrected chi connectivity index (χ0v) is 20.0. The van der Waals surface area contributed by atoms with E-state index in [9.17, 15) is 14.7 Å². The van der Waals surface area contributed by atoms with Crippen molar-refractivity contribution in [2.24, 2.45) is 5.92 Å². The summed E-state index contributed by atoms with van der Waals surface area (Å²) in [7, 11) is 3.94. The van der Waals surface area contributed by atoms with E-state index < -0.39 is 6.03 Å². The first-order valence-electron chi connectivity index (χ1n) is 11.0. The highest BCUT2D eigenvalue weighted by atomic mass is 16.5. The molecule has 0 bridgehead atoms. The van der Waals surface area contributed by atoms with Crippen LogP contribution in [0.15, 0.2) is 22.7 Å². The van der Waals surface area contributed by atoms with Crippen LogP contribution in [0.2, 0.25) is 0 Å². The van der Waals surface area contributed by atoms with Gasteiger partial charge in [0.25, 0.3) is 5.91 Å². The summed E-state index contributed by atoms with van der Waals surface area (Å²) < 4.78 is 11.3. The number of hydrogen-bond donors (Lipinski definition) is 3. The third-order valence-corrected chi connectivity index (χ3v) is 5.74. The maximum atomic E-state index is 13.4. The van der Waals surface area contributed by atoms with Crippen LogP contribution in [0.25, 0.3) is 0 Å². The molecule has 2 aromatic rings. The fourth-order valence-corrected chi connectivity index (χ4v) is 3.82. The van der Waals surface area contributed by atoms with Gasteiger partial charge < -0.3 is 34.8 Å². The highest BCUT2D eigenvalue weighted by molar-refractivity contribution is 6.03. The molecule has 0 unspecified atom stereocenters. The molecule has 1 aromatic carbocycles. The minimum absolute atomic E-state index is 0.0529. The van der Waals surface area contributed by atoms with Crippen molar-refractivity contribution in [1.29, 1.82) is 0 Å². The number of carbonyl (C=O) groups excluding carboxylic acids is 2. The molecule has 33 heavy (non-hydrogen) atoms. The average molecular weight is 460 g/mol. The molecule has 180 valence electrons. The van der Waals surface area contributed by atoms with Crippen LogP contribution in [0.3, 0.4) is 0 Å². The number of nitrogens with zero attached hydrogens (tertiary/aromatic N) is 3. The Hall–Kier alpha value is -3.11. The molecular formula is C23H33N5O5. The van der Waals surface area contributed by atoms with Gasteiger partial charge in [-0.3, -0.25) is 4.79 Å². The van der Waals surface area contributed by atoms with Gasteiger partial charge in [-0.05, 0) is 53.1 Å². The van der Waals surface area contributed by atoms with E-state index in [0.29, 0.717) is 47.2 Å². The highest BCUT2D eigenvalue weighted by Gasteiger charge is 2.33. The Bertz CT molecular complexity index is 986. The zero-order chi connectivity index (χ0) is 24.3. The first-order chi connectivity index (χ1) is 15.6. The van der Waals surface area contributed by atoms with Gasteiger partial charge in [0.15, 0.2) is 5.76 Å². The van der Waals surface area contributed by atoms with Crippen LogP contribution in [0, 0.1) is 19.8 Å². The minimum atomic E-state index is -0.483. The number of fused-ring (bicyclic) bond motifs is 1. The standard InChI is InChI=1S/C23H33N5O5/c1-13-10-28(14(2)12-29)22(30)18-9-17(7-8-19(18)32-20(13)11-27(5)6)24-23(31)25-21-15(3)26-33-16(21)4/h7-9,13-14,20,29H,10-12H2,1-6H3,(H2,24,25,31)/t13-,14-,20+/m1/s1. The van der Waals surface area contributed by atoms with E-state index in [0.717, 1.165) is 0 Å². The number of aliphatic hydroxyl groups excluding tert-OH is 1. The molecule has 3 rings (SSSR count). The van der Waals surface area contributed by atoms with Crippen molar-refractivity contribution in [2.45, 2.75) is 39.8 Å². The Morgan fingerprint density at radius 3 is 2.67 bits per heavy atom. The molecule has 3 amide bonds. The number of rotatable bonds is 6. The van der Waals surface area contributed by atoms with Gasteiger partial charge in [0.05, 0.1) is 18.2 Å². The Morgan fingerprint density at radius 2 is 2.06 bits per heavy atom. The molecule has 3 atom stereocenters. The molecule has 10 heteroatoms. The van der Waals surface area contributed by atoms with Crippen LogP contribution in [0.5, 0.6) is 5.75 Å². The molecular weight excluding hydrogens is 426 g/mol. The van der Waals surface area contributed by atoms with Crippen LogP contribution in [-0.4, -0.2) is 77.9 Å². The highest BCUT2D eigenvalue weighted by Crippen LogP contribution is 2.30. The Kier molecular flexibility index (Phi) is 7.60. The number of likely N-dealkylation sites (N-methyl/N-ethyl adjacent to an activating group) is 1. The average Bonchev–Trinajstić information content (AvgIpc) is 3.07. The van der Waals surface area contributed by atoms with E-state index in [1.807, 2.05) is 32.8 Å². The van der Waals surface area contributed by atoms with Crippen LogP contribution in [0.4, 0.5) is 16.2 Å². The molecule has 2 heterocycles. The predicted octanol–water partition coefficient (Wildman–Crippen LogP) is 2.72. The molecule has 1 aliphatic heterocycles. The Balaban J connectivity index is 1.90. The van der Waals surface area contributed by atoms with E-state index in [1.54, 1.807) is 36.9 Å². The number of hydrogen-bond acceptors (Lipinski definition) is 7. The summed E-state index contributed by atoms with van der Waals surface area (Å²) in [5, 5.41) is 19.0. The maximum Gasteiger partial charge on any atom is 0.323 e.